The fourth-order valence-corrected chi connectivity index (χ4v) is 8.96. The van der Waals surface area contributed by atoms with E-state index < -0.39 is 38.2 Å². The third kappa shape index (κ3) is 7.77. The number of thioether (sulfide) groups is 1. The molecule has 2 aromatic carbocycles. The number of benzene rings is 2. The van der Waals surface area contributed by atoms with Gasteiger partial charge in [0.1, 0.15) is 17.5 Å². The van der Waals surface area contributed by atoms with Crippen LogP contribution in [0, 0.1) is 12.8 Å². The molecule has 11 nitrogen and oxygen atoms in total. The first-order valence-electron chi connectivity index (χ1n) is 15.0. The average molecular weight is 734 g/mol. The Morgan fingerprint density at radius 3 is 2.43 bits per heavy atom. The first-order chi connectivity index (χ1) is 21.7. The van der Waals surface area contributed by atoms with Gasteiger partial charge >= 0.3 is 5.97 Å². The number of methoxy groups -OCH3 is 1. The second kappa shape index (κ2) is 14.6. The Bertz CT molecular complexity index is 1580. The summed E-state index contributed by atoms with van der Waals surface area (Å²) in [5, 5.41) is 9.24. The van der Waals surface area contributed by atoms with Gasteiger partial charge in [-0.2, -0.15) is 16.7 Å². The van der Waals surface area contributed by atoms with Crippen molar-refractivity contribution >= 4 is 53.8 Å². The molecule has 1 aliphatic rings. The minimum absolute atomic E-state index is 0.142. The van der Waals surface area contributed by atoms with E-state index in [0.29, 0.717) is 44.6 Å². The second-order valence-corrected chi connectivity index (χ2v) is 18.8. The number of rotatable bonds is 7. The van der Waals surface area contributed by atoms with Gasteiger partial charge in [-0.1, -0.05) is 63.2 Å². The highest BCUT2D eigenvalue weighted by Crippen LogP contribution is 2.48. The molecule has 0 aliphatic carbocycles. The number of carbonyl (C=O) groups is 3. The maximum atomic E-state index is 14.2. The normalized spacial score (nSPS) is 18.6. The number of fused-ring (bicyclic) bond motifs is 1. The summed E-state index contributed by atoms with van der Waals surface area (Å²) in [5.41, 5.74) is 1.20. The summed E-state index contributed by atoms with van der Waals surface area (Å²) < 4.78 is 24.4. The standard InChI is InChI=1S/C32H41BrN4O7SSi/c1-18(2)32(4,5)46(7,8)44-23-14-24(41-6)27(33)26-21(23)16-45-17-22(30-35-19(3)37-43-30)36-25(38)15-34-29(39)28(42-31(26)40)20-12-10-9-11-13-20/h9-14,18,22,28H,15-17H2,1-8H3,(H,34,39)(H,36,38)/t22-,28+/m0/s1. The molecule has 1 aromatic heterocycles. The van der Waals surface area contributed by atoms with Crippen LogP contribution in [0.25, 0.3) is 0 Å². The van der Waals surface area contributed by atoms with E-state index in [0.717, 1.165) is 0 Å². The van der Waals surface area contributed by atoms with E-state index in [1.54, 1.807) is 43.3 Å². The Morgan fingerprint density at radius 1 is 1.13 bits per heavy atom. The van der Waals surface area contributed by atoms with Gasteiger partial charge in [-0.15, -0.1) is 0 Å². The topological polar surface area (TPSA) is 142 Å². The van der Waals surface area contributed by atoms with Gasteiger partial charge in [-0.3, -0.25) is 9.59 Å². The van der Waals surface area contributed by atoms with Crippen molar-refractivity contribution in [2.24, 2.45) is 5.92 Å². The van der Waals surface area contributed by atoms with Crippen LogP contribution in [-0.4, -0.2) is 55.6 Å². The highest BCUT2D eigenvalue weighted by atomic mass is 79.9. The molecule has 2 heterocycles. The van der Waals surface area contributed by atoms with Crippen molar-refractivity contribution < 1.29 is 32.8 Å². The Morgan fingerprint density at radius 2 is 1.83 bits per heavy atom. The average Bonchev–Trinajstić information content (AvgIpc) is 3.44. The fraction of sp³-hybridized carbons (Fsp3) is 0.469. The molecule has 14 heteroatoms. The highest BCUT2D eigenvalue weighted by Gasteiger charge is 2.46. The van der Waals surface area contributed by atoms with Crippen molar-refractivity contribution in [2.45, 2.75) is 70.6 Å². The van der Waals surface area contributed by atoms with Crippen molar-refractivity contribution in [1.82, 2.24) is 20.8 Å². The van der Waals surface area contributed by atoms with Gasteiger partial charge in [0.05, 0.1) is 23.7 Å². The van der Waals surface area contributed by atoms with E-state index in [4.69, 9.17) is 18.4 Å². The zero-order chi connectivity index (χ0) is 33.8. The maximum absolute atomic E-state index is 14.2. The summed E-state index contributed by atoms with van der Waals surface area (Å²) in [6.07, 6.45) is -1.34. The number of cyclic esters (lactones) is 1. The number of amides is 2. The van der Waals surface area contributed by atoms with Crippen LogP contribution in [-0.2, 0) is 20.1 Å². The highest BCUT2D eigenvalue weighted by molar-refractivity contribution is 9.10. The molecule has 0 bridgehead atoms. The SMILES string of the molecule is COc1cc(O[Si](C)(C)C(C)(C)C(C)C)c2c(c1Br)C(=O)O[C@H](c1ccccc1)C(=O)NCC(=O)N[C@H](c1nc(C)no1)CSC2. The molecular weight excluding hydrogens is 692 g/mol. The summed E-state index contributed by atoms with van der Waals surface area (Å²) in [4.78, 5) is 45.1. The third-order valence-corrected chi connectivity index (χ3v) is 15.0. The van der Waals surface area contributed by atoms with Gasteiger partial charge < -0.3 is 29.1 Å². The van der Waals surface area contributed by atoms with Crippen LogP contribution in [0.3, 0.4) is 0 Å². The van der Waals surface area contributed by atoms with Crippen molar-refractivity contribution in [3.63, 3.8) is 0 Å². The van der Waals surface area contributed by atoms with E-state index >= 15 is 0 Å². The minimum atomic E-state index is -2.49. The molecule has 0 unspecified atom stereocenters. The summed E-state index contributed by atoms with van der Waals surface area (Å²) in [6.45, 7) is 14.4. The molecule has 248 valence electrons. The van der Waals surface area contributed by atoms with Crippen molar-refractivity contribution in [3.05, 3.63) is 69.3 Å². The molecule has 4 rings (SSSR count). The molecule has 46 heavy (non-hydrogen) atoms. The van der Waals surface area contributed by atoms with E-state index in [1.165, 1.54) is 18.9 Å². The van der Waals surface area contributed by atoms with Crippen LogP contribution in [0.1, 0.15) is 73.0 Å². The van der Waals surface area contributed by atoms with Gasteiger partial charge in [0, 0.05) is 28.7 Å². The third-order valence-electron chi connectivity index (χ3n) is 8.78. The predicted molar refractivity (Wildman–Crippen MR) is 181 cm³/mol. The number of hydrogen-bond acceptors (Lipinski definition) is 10. The lowest BCUT2D eigenvalue weighted by Crippen LogP contribution is -2.48. The number of aromatic nitrogens is 2. The Balaban J connectivity index is 1.88. The quantitative estimate of drug-likeness (QED) is 0.210. The Hall–Kier alpha value is -3.36. The zero-order valence-electron chi connectivity index (χ0n) is 27.4. The van der Waals surface area contributed by atoms with Crippen LogP contribution < -0.4 is 19.8 Å². The molecular formula is C32H41BrN4O7SSi. The van der Waals surface area contributed by atoms with Crippen LogP contribution in [0.4, 0.5) is 0 Å². The molecule has 2 N–H and O–H groups in total. The van der Waals surface area contributed by atoms with Crippen molar-refractivity contribution in [2.75, 3.05) is 19.4 Å². The largest absolute Gasteiger partial charge is 0.543 e. The molecule has 0 fully saturated rings. The molecule has 3 aromatic rings. The number of hydrogen-bond donors (Lipinski definition) is 2. The van der Waals surface area contributed by atoms with E-state index in [2.05, 4.69) is 77.5 Å². The molecule has 2 amide bonds. The summed E-state index contributed by atoms with van der Waals surface area (Å²) in [7, 11) is -0.976. The van der Waals surface area contributed by atoms with Gasteiger partial charge in [0.25, 0.3) is 14.2 Å². The lowest BCUT2D eigenvalue weighted by atomic mass is 9.99. The van der Waals surface area contributed by atoms with Crippen molar-refractivity contribution in [3.8, 4) is 11.5 Å². The smallest absolute Gasteiger partial charge is 0.341 e. The van der Waals surface area contributed by atoms with E-state index in [9.17, 15) is 14.4 Å². The molecule has 0 spiro atoms. The molecule has 0 radical (unpaired) electrons. The van der Waals surface area contributed by atoms with Crippen LogP contribution in [0.15, 0.2) is 45.4 Å². The first kappa shape index (κ1) is 35.5. The van der Waals surface area contributed by atoms with Crippen LogP contribution in [0.5, 0.6) is 11.5 Å². The lowest BCUT2D eigenvalue weighted by molar-refractivity contribution is -0.132. The summed E-state index contributed by atoms with van der Waals surface area (Å²) in [6, 6.07) is 9.77. The van der Waals surface area contributed by atoms with Gasteiger partial charge in [-0.25, -0.2) is 4.79 Å². The molecule has 2 atom stereocenters. The molecule has 0 saturated carbocycles. The van der Waals surface area contributed by atoms with E-state index in [1.807, 2.05) is 0 Å². The maximum Gasteiger partial charge on any atom is 0.341 e. The van der Waals surface area contributed by atoms with Gasteiger partial charge in [0.2, 0.25) is 17.9 Å². The van der Waals surface area contributed by atoms with Crippen molar-refractivity contribution in [1.29, 1.82) is 0 Å². The van der Waals surface area contributed by atoms with Crippen LogP contribution >= 0.6 is 27.7 Å². The Kier molecular flexibility index (Phi) is 11.3. The number of nitrogens with one attached hydrogen (secondary N) is 2. The van der Waals surface area contributed by atoms with E-state index in [-0.39, 0.29) is 28.8 Å². The molecule has 0 saturated heterocycles. The number of aryl methyl sites for hydroxylation is 1. The van der Waals surface area contributed by atoms with Crippen LogP contribution in [0.2, 0.25) is 18.1 Å². The molecule has 1 aliphatic heterocycles. The summed E-state index contributed by atoms with van der Waals surface area (Å²) in [5.74, 6) is 0.602. The lowest BCUT2D eigenvalue weighted by Gasteiger charge is -2.43. The monoisotopic (exact) mass is 732 g/mol. The minimum Gasteiger partial charge on any atom is -0.543 e. The number of nitrogens with zero attached hydrogens (tertiary/aromatic N) is 2. The summed E-state index contributed by atoms with van der Waals surface area (Å²) >= 11 is 5.04. The number of carbonyl (C=O) groups excluding carboxylic acids is 3. The second-order valence-electron chi connectivity index (χ2n) is 12.5. The van der Waals surface area contributed by atoms with Gasteiger partial charge in [-0.05, 0) is 46.9 Å². The predicted octanol–water partition coefficient (Wildman–Crippen LogP) is 6.29. The first-order valence-corrected chi connectivity index (χ1v) is 19.8. The number of esters is 1. The Labute approximate surface area is 283 Å². The van der Waals surface area contributed by atoms with Gasteiger partial charge in [0.15, 0.2) is 5.82 Å². The number of halogens is 1. The fourth-order valence-electron chi connectivity index (χ4n) is 4.83. The zero-order valence-corrected chi connectivity index (χ0v) is 30.8. The number of ether oxygens (including phenoxy) is 2.